The van der Waals surface area contributed by atoms with Crippen molar-refractivity contribution in [3.8, 4) is 11.5 Å². The van der Waals surface area contributed by atoms with Crippen molar-refractivity contribution in [1.82, 2.24) is 4.72 Å². The summed E-state index contributed by atoms with van der Waals surface area (Å²) in [5.74, 6) is -0.692. The van der Waals surface area contributed by atoms with Crippen molar-refractivity contribution in [1.29, 1.82) is 0 Å². The van der Waals surface area contributed by atoms with Crippen LogP contribution < -0.4 is 9.46 Å². The molecular formula is C32H33NO5S2. The fourth-order valence-electron chi connectivity index (χ4n) is 4.62. The number of hydrogen-bond donors (Lipinski definition) is 2. The number of hydrogen-bond acceptors (Lipinski definition) is 6. The van der Waals surface area contributed by atoms with E-state index in [1.807, 2.05) is 68.4 Å². The average molecular weight is 576 g/mol. The van der Waals surface area contributed by atoms with Gasteiger partial charge >= 0.3 is 0 Å². The third kappa shape index (κ3) is 6.75. The second-order valence-electron chi connectivity index (χ2n) is 9.66. The molecule has 4 aromatic carbocycles. The van der Waals surface area contributed by atoms with Crippen LogP contribution in [0.25, 0.3) is 0 Å². The van der Waals surface area contributed by atoms with Gasteiger partial charge in [-0.3, -0.25) is 4.79 Å². The quantitative estimate of drug-likeness (QED) is 0.157. The summed E-state index contributed by atoms with van der Waals surface area (Å²) in [5, 5.41) is 11.0. The first-order valence-corrected chi connectivity index (χ1v) is 15.2. The lowest BCUT2D eigenvalue weighted by molar-refractivity contribution is 0.101. The van der Waals surface area contributed by atoms with Crippen molar-refractivity contribution in [2.24, 2.45) is 0 Å². The van der Waals surface area contributed by atoms with Crippen LogP contribution in [0.15, 0.2) is 101 Å². The number of ether oxygens (including phenoxy) is 1. The van der Waals surface area contributed by atoms with E-state index in [-0.39, 0.29) is 34.3 Å². The molecule has 0 amide bonds. The molecule has 0 bridgehead atoms. The number of Topliss-reactive ketones (excluding diaryl/α,β-unsaturated/α-hetero) is 1. The van der Waals surface area contributed by atoms with Gasteiger partial charge in [-0.25, -0.2) is 13.1 Å². The molecule has 0 aromatic heterocycles. The molecule has 0 saturated heterocycles. The minimum atomic E-state index is -3.81. The highest BCUT2D eigenvalue weighted by atomic mass is 32.2. The predicted octanol–water partition coefficient (Wildman–Crippen LogP) is 6.49. The molecule has 0 fully saturated rings. The number of rotatable bonds is 11. The summed E-state index contributed by atoms with van der Waals surface area (Å²) in [7, 11) is -2.36. The molecule has 0 radical (unpaired) electrons. The van der Waals surface area contributed by atoms with Crippen molar-refractivity contribution in [3.05, 3.63) is 119 Å². The Morgan fingerprint density at radius 1 is 0.900 bits per heavy atom. The van der Waals surface area contributed by atoms with Crippen LogP contribution in [0.5, 0.6) is 11.5 Å². The highest BCUT2D eigenvalue weighted by molar-refractivity contribution is 8.00. The summed E-state index contributed by atoms with van der Waals surface area (Å²) in [6.07, 6.45) is 0. The second kappa shape index (κ2) is 12.7. The van der Waals surface area contributed by atoms with Gasteiger partial charge in [-0.15, -0.1) is 11.8 Å². The molecule has 0 aliphatic heterocycles. The Balaban J connectivity index is 1.83. The normalized spacial score (nSPS) is 13.0. The van der Waals surface area contributed by atoms with E-state index in [1.54, 1.807) is 36.4 Å². The number of carbonyl (C=O) groups excluding carboxylic acids is 1. The summed E-state index contributed by atoms with van der Waals surface area (Å²) >= 11 is 1.51. The fourth-order valence-corrected chi connectivity index (χ4v) is 7.03. The van der Waals surface area contributed by atoms with Crippen LogP contribution in [-0.4, -0.2) is 38.2 Å². The summed E-state index contributed by atoms with van der Waals surface area (Å²) < 4.78 is 34.8. The van der Waals surface area contributed by atoms with Gasteiger partial charge in [0.15, 0.2) is 5.78 Å². The van der Waals surface area contributed by atoms with E-state index in [0.717, 1.165) is 21.6 Å². The van der Waals surface area contributed by atoms with Crippen molar-refractivity contribution >= 4 is 27.6 Å². The number of carbonyl (C=O) groups is 1. The molecule has 4 aromatic rings. The Bertz CT molecular complexity index is 1570. The predicted molar refractivity (Wildman–Crippen MR) is 160 cm³/mol. The first kappa shape index (κ1) is 29.4. The van der Waals surface area contributed by atoms with Gasteiger partial charge in [-0.05, 0) is 56.7 Å². The highest BCUT2D eigenvalue weighted by Crippen LogP contribution is 2.44. The van der Waals surface area contributed by atoms with Crippen molar-refractivity contribution in [2.75, 3.05) is 13.7 Å². The molecule has 40 heavy (non-hydrogen) atoms. The van der Waals surface area contributed by atoms with Gasteiger partial charge in [-0.1, -0.05) is 71.8 Å². The number of phenols is 1. The zero-order valence-electron chi connectivity index (χ0n) is 22.9. The van der Waals surface area contributed by atoms with Crippen LogP contribution in [-0.2, 0) is 10.0 Å². The number of aryl methyl sites for hydroxylation is 2. The van der Waals surface area contributed by atoms with Gasteiger partial charge in [0.2, 0.25) is 10.0 Å². The molecule has 0 heterocycles. The summed E-state index contributed by atoms with van der Waals surface area (Å²) in [4.78, 5) is 13.7. The molecule has 6 nitrogen and oxygen atoms in total. The molecule has 4 rings (SSSR count). The van der Waals surface area contributed by atoms with Crippen LogP contribution in [0.3, 0.4) is 0 Å². The Hall–Kier alpha value is -3.59. The molecule has 0 spiro atoms. The second-order valence-corrected chi connectivity index (χ2v) is 12.7. The Morgan fingerprint density at radius 2 is 1.50 bits per heavy atom. The zero-order chi connectivity index (χ0) is 28.9. The van der Waals surface area contributed by atoms with Crippen LogP contribution in [0, 0.1) is 13.8 Å². The van der Waals surface area contributed by atoms with Crippen LogP contribution in [0.1, 0.15) is 45.5 Å². The van der Waals surface area contributed by atoms with Crippen LogP contribution in [0.4, 0.5) is 0 Å². The topological polar surface area (TPSA) is 92.7 Å². The van der Waals surface area contributed by atoms with Gasteiger partial charge < -0.3 is 9.84 Å². The smallest absolute Gasteiger partial charge is 0.240 e. The molecule has 0 aliphatic rings. The Morgan fingerprint density at radius 3 is 2.08 bits per heavy atom. The molecule has 0 unspecified atom stereocenters. The monoisotopic (exact) mass is 575 g/mol. The Kier molecular flexibility index (Phi) is 9.35. The number of benzene rings is 4. The zero-order valence-corrected chi connectivity index (χ0v) is 24.6. The number of methoxy groups -OCH3 is 1. The highest BCUT2D eigenvalue weighted by Gasteiger charge is 2.32. The maximum absolute atomic E-state index is 13.3. The molecule has 0 aliphatic carbocycles. The average Bonchev–Trinajstić information content (AvgIpc) is 2.94. The van der Waals surface area contributed by atoms with E-state index in [0.29, 0.717) is 5.56 Å². The standard InChI is InChI=1S/C32H33NO5S2/c1-21-10-14-25(15-11-21)39-29(20-33-40(36,37)26-16-12-22(2)13-17-26)31(24-8-6-5-7-9-24)27-18-19-28(38-4)30(23(3)34)32(27)35/h5-19,29,31,33,35H,20H2,1-4H3/t29-,31-/m0/s1. The molecule has 0 saturated carbocycles. The van der Waals surface area contributed by atoms with E-state index in [9.17, 15) is 18.3 Å². The molecule has 8 heteroatoms. The van der Waals surface area contributed by atoms with Crippen molar-refractivity contribution in [3.63, 3.8) is 0 Å². The minimum Gasteiger partial charge on any atom is -0.507 e. The molecule has 208 valence electrons. The van der Waals surface area contributed by atoms with Crippen molar-refractivity contribution in [2.45, 2.75) is 41.7 Å². The van der Waals surface area contributed by atoms with E-state index in [2.05, 4.69) is 4.72 Å². The maximum atomic E-state index is 13.3. The van der Waals surface area contributed by atoms with Crippen LogP contribution >= 0.6 is 11.8 Å². The lowest BCUT2D eigenvalue weighted by atomic mass is 9.86. The molecular weight excluding hydrogens is 542 g/mol. The summed E-state index contributed by atoms with van der Waals surface area (Å²) in [6.45, 7) is 5.36. The van der Waals surface area contributed by atoms with Crippen molar-refractivity contribution < 1.29 is 23.1 Å². The van der Waals surface area contributed by atoms with Gasteiger partial charge in [0.1, 0.15) is 17.1 Å². The minimum absolute atomic E-state index is 0.0647. The van der Waals surface area contributed by atoms with Crippen LogP contribution in [0.2, 0.25) is 0 Å². The first-order chi connectivity index (χ1) is 19.1. The summed E-state index contributed by atoms with van der Waals surface area (Å²) in [6, 6.07) is 27.7. The lowest BCUT2D eigenvalue weighted by Gasteiger charge is -2.29. The third-order valence-electron chi connectivity index (χ3n) is 6.72. The largest absolute Gasteiger partial charge is 0.507 e. The number of thioether (sulfide) groups is 1. The number of ketones is 1. The van der Waals surface area contributed by atoms with E-state index in [4.69, 9.17) is 4.74 Å². The van der Waals surface area contributed by atoms with E-state index < -0.39 is 21.2 Å². The van der Waals surface area contributed by atoms with E-state index in [1.165, 1.54) is 25.8 Å². The first-order valence-electron chi connectivity index (χ1n) is 12.9. The van der Waals surface area contributed by atoms with Gasteiger partial charge in [0.05, 0.1) is 12.0 Å². The fraction of sp³-hybridized carbons (Fsp3) is 0.219. The van der Waals surface area contributed by atoms with E-state index >= 15 is 0 Å². The van der Waals surface area contributed by atoms with Gasteiger partial charge in [0.25, 0.3) is 0 Å². The maximum Gasteiger partial charge on any atom is 0.240 e. The molecule has 2 atom stereocenters. The Labute approximate surface area is 240 Å². The third-order valence-corrected chi connectivity index (χ3v) is 9.45. The van der Waals surface area contributed by atoms with Gasteiger partial charge in [-0.2, -0.15) is 0 Å². The lowest BCUT2D eigenvalue weighted by Crippen LogP contribution is -2.34. The number of phenolic OH excluding ortho intramolecular Hbond substituents is 1. The number of nitrogens with one attached hydrogen (secondary N) is 1. The molecule has 2 N–H and O–H groups in total. The summed E-state index contributed by atoms with van der Waals surface area (Å²) in [5.41, 5.74) is 3.56. The SMILES string of the molecule is COc1ccc([C@H](c2ccccc2)[C@H](CNS(=O)(=O)c2ccc(C)cc2)Sc2ccc(C)cc2)c(O)c1C(C)=O. The number of sulfonamides is 1. The van der Waals surface area contributed by atoms with Gasteiger partial charge in [0, 0.05) is 28.2 Å². The number of aromatic hydroxyl groups is 1.